The maximum atomic E-state index is 13.1. The van der Waals surface area contributed by atoms with E-state index in [1.54, 1.807) is 0 Å². The maximum Gasteiger partial charge on any atom is 0.338 e. The highest BCUT2D eigenvalue weighted by molar-refractivity contribution is 7.99. The molecule has 43 heavy (non-hydrogen) atoms. The standard InChI is InChI=1S/C28H26O14S/c1-10(29)2-12(27(38)39)9-43-26-15(7-19(34)23(36)24(26)37)25-21(8-14-16(31)5-13(30)6-20(14)41-25)42-28(40)11-3-17(32)22(35)18(33)4-11/h3-7,12,21,25,30-37H,2,8-9H2,1H3,(H,38,39)/t12?,21-,25?/m1/s1. The zero-order valence-electron chi connectivity index (χ0n) is 22.2. The molecule has 3 aromatic carbocycles. The number of hydrogen-bond acceptors (Lipinski definition) is 14. The van der Waals surface area contributed by atoms with Crippen LogP contribution in [-0.4, -0.2) is 75.5 Å². The van der Waals surface area contributed by atoms with Crippen LogP contribution in [-0.2, 0) is 20.7 Å². The fourth-order valence-electron chi connectivity index (χ4n) is 4.50. The second-order valence-corrected chi connectivity index (χ2v) is 10.8. The molecule has 0 saturated carbocycles. The van der Waals surface area contributed by atoms with Crippen molar-refractivity contribution >= 4 is 29.5 Å². The van der Waals surface area contributed by atoms with E-state index in [2.05, 4.69) is 0 Å². The first-order chi connectivity index (χ1) is 20.2. The Bertz CT molecular complexity index is 1590. The number of phenolic OH excluding ortho intramolecular Hbond substituents is 8. The summed E-state index contributed by atoms with van der Waals surface area (Å²) in [6.07, 6.45) is -3.43. The van der Waals surface area contributed by atoms with E-state index in [0.717, 1.165) is 30.3 Å². The van der Waals surface area contributed by atoms with Crippen LogP contribution in [0, 0.1) is 5.92 Å². The van der Waals surface area contributed by atoms with Crippen molar-refractivity contribution in [2.24, 2.45) is 5.92 Å². The Kier molecular flexibility index (Phi) is 8.57. The van der Waals surface area contributed by atoms with Crippen molar-refractivity contribution in [1.82, 2.24) is 0 Å². The van der Waals surface area contributed by atoms with Gasteiger partial charge in [0.25, 0.3) is 0 Å². The molecular formula is C28H26O14S. The number of rotatable bonds is 9. The number of thioether (sulfide) groups is 1. The molecule has 1 aliphatic rings. The zero-order valence-corrected chi connectivity index (χ0v) is 23.0. The van der Waals surface area contributed by atoms with Crippen LogP contribution in [0.4, 0.5) is 0 Å². The summed E-state index contributed by atoms with van der Waals surface area (Å²) in [4.78, 5) is 36.2. The first kappa shape index (κ1) is 30.8. The van der Waals surface area contributed by atoms with Gasteiger partial charge < -0.3 is 60.2 Å². The van der Waals surface area contributed by atoms with Gasteiger partial charge >= 0.3 is 11.9 Å². The molecule has 0 aliphatic carbocycles. The minimum atomic E-state index is -1.44. The number of carboxylic acid groups (broad SMARTS) is 1. The number of aliphatic carboxylic acids is 1. The second-order valence-electron chi connectivity index (χ2n) is 9.75. The summed E-state index contributed by atoms with van der Waals surface area (Å²) in [5.41, 5.74) is -0.406. The summed E-state index contributed by atoms with van der Waals surface area (Å²) >= 11 is 0.712. The lowest BCUT2D eigenvalue weighted by molar-refractivity contribution is -0.142. The van der Waals surface area contributed by atoms with Crippen molar-refractivity contribution in [3.8, 4) is 51.7 Å². The Hall–Kier alpha value is -5.18. The van der Waals surface area contributed by atoms with E-state index in [-0.39, 0.29) is 46.1 Å². The molecule has 1 heterocycles. The number of carbonyl (C=O) groups is 3. The number of esters is 1. The Morgan fingerprint density at radius 1 is 0.884 bits per heavy atom. The summed E-state index contributed by atoms with van der Waals surface area (Å²) in [7, 11) is 0. The average Bonchev–Trinajstić information content (AvgIpc) is 2.92. The highest BCUT2D eigenvalue weighted by atomic mass is 32.2. The fourth-order valence-corrected chi connectivity index (χ4v) is 5.70. The highest BCUT2D eigenvalue weighted by Gasteiger charge is 2.39. The van der Waals surface area contributed by atoms with Crippen molar-refractivity contribution in [3.63, 3.8) is 0 Å². The van der Waals surface area contributed by atoms with Crippen molar-refractivity contribution in [2.75, 3.05) is 5.75 Å². The van der Waals surface area contributed by atoms with E-state index in [1.807, 2.05) is 0 Å². The Morgan fingerprint density at radius 2 is 1.51 bits per heavy atom. The molecule has 4 rings (SSSR count). The average molecular weight is 619 g/mol. The maximum absolute atomic E-state index is 13.1. The van der Waals surface area contributed by atoms with E-state index in [4.69, 9.17) is 9.47 Å². The molecule has 0 saturated heterocycles. The quantitative estimate of drug-likeness (QED) is 0.0949. The van der Waals surface area contributed by atoms with Crippen molar-refractivity contribution in [2.45, 2.75) is 36.9 Å². The largest absolute Gasteiger partial charge is 0.508 e. The van der Waals surface area contributed by atoms with Gasteiger partial charge in [0, 0.05) is 41.9 Å². The minimum Gasteiger partial charge on any atom is -0.508 e. The summed E-state index contributed by atoms with van der Waals surface area (Å²) in [5.74, 6) is -10.4. The number of carboxylic acids is 1. The van der Waals surface area contributed by atoms with Gasteiger partial charge in [0.15, 0.2) is 34.9 Å². The molecule has 9 N–H and O–H groups in total. The van der Waals surface area contributed by atoms with Gasteiger partial charge in [-0.05, 0) is 25.1 Å². The molecule has 14 nitrogen and oxygen atoms in total. The Balaban J connectivity index is 1.80. The summed E-state index contributed by atoms with van der Waals surface area (Å²) in [6, 6.07) is 4.78. The molecule has 15 heteroatoms. The number of hydrogen-bond donors (Lipinski definition) is 9. The van der Waals surface area contributed by atoms with Crippen LogP contribution in [0.2, 0.25) is 0 Å². The van der Waals surface area contributed by atoms with E-state index in [1.165, 1.54) is 6.92 Å². The van der Waals surface area contributed by atoms with Crippen LogP contribution >= 0.6 is 11.8 Å². The number of ether oxygens (including phenoxy) is 2. The lowest BCUT2D eigenvalue weighted by Gasteiger charge is -2.35. The Labute approximate surface area is 246 Å². The number of carbonyl (C=O) groups excluding carboxylic acids is 2. The Morgan fingerprint density at radius 3 is 2.12 bits per heavy atom. The topological polar surface area (TPSA) is 252 Å². The van der Waals surface area contributed by atoms with E-state index in [0.29, 0.717) is 11.8 Å². The number of ketones is 1. The normalized spacial score (nSPS) is 16.5. The summed E-state index contributed by atoms with van der Waals surface area (Å²) < 4.78 is 11.6. The molecule has 0 bridgehead atoms. The molecule has 0 amide bonds. The van der Waals surface area contributed by atoms with Gasteiger partial charge in [0.2, 0.25) is 5.75 Å². The smallest absolute Gasteiger partial charge is 0.338 e. The van der Waals surface area contributed by atoms with Crippen molar-refractivity contribution < 1.29 is 69.8 Å². The molecule has 0 radical (unpaired) electrons. The molecule has 0 spiro atoms. The van der Waals surface area contributed by atoms with Crippen LogP contribution in [0.15, 0.2) is 35.2 Å². The van der Waals surface area contributed by atoms with E-state index < -0.39 is 81.7 Å². The van der Waals surface area contributed by atoms with Gasteiger partial charge in [0.1, 0.15) is 29.1 Å². The highest BCUT2D eigenvalue weighted by Crippen LogP contribution is 2.51. The van der Waals surface area contributed by atoms with Crippen molar-refractivity contribution in [3.05, 3.63) is 47.0 Å². The first-order valence-electron chi connectivity index (χ1n) is 12.5. The minimum absolute atomic E-state index is 0.0716. The van der Waals surface area contributed by atoms with Crippen LogP contribution < -0.4 is 4.74 Å². The van der Waals surface area contributed by atoms with E-state index >= 15 is 0 Å². The van der Waals surface area contributed by atoms with Gasteiger partial charge in [-0.1, -0.05) is 0 Å². The third-order valence-corrected chi connectivity index (χ3v) is 7.87. The zero-order chi connectivity index (χ0) is 31.7. The number of Topliss-reactive ketones (excluding diaryl/α,β-unsaturated/α-hetero) is 1. The third kappa shape index (κ3) is 6.35. The molecule has 228 valence electrons. The number of fused-ring (bicyclic) bond motifs is 1. The lowest BCUT2D eigenvalue weighted by atomic mass is 9.93. The van der Waals surface area contributed by atoms with Gasteiger partial charge in [-0.2, -0.15) is 0 Å². The summed E-state index contributed by atoms with van der Waals surface area (Å²) in [6.45, 7) is 1.21. The fraction of sp³-hybridized carbons (Fsp3) is 0.250. The van der Waals surface area contributed by atoms with Crippen LogP contribution in [0.5, 0.6) is 51.7 Å². The number of benzene rings is 3. The molecule has 3 aromatic rings. The second kappa shape index (κ2) is 12.0. The molecule has 1 aliphatic heterocycles. The molecule has 3 atom stereocenters. The molecule has 2 unspecified atom stereocenters. The monoisotopic (exact) mass is 618 g/mol. The molecular weight excluding hydrogens is 592 g/mol. The molecule has 0 fully saturated rings. The molecule has 0 aromatic heterocycles. The third-order valence-electron chi connectivity index (χ3n) is 6.59. The van der Waals surface area contributed by atoms with Gasteiger partial charge in [0.05, 0.1) is 16.4 Å². The first-order valence-corrected chi connectivity index (χ1v) is 13.5. The predicted molar refractivity (Wildman–Crippen MR) is 146 cm³/mol. The van der Waals surface area contributed by atoms with Gasteiger partial charge in [-0.25, -0.2) is 4.79 Å². The van der Waals surface area contributed by atoms with Gasteiger partial charge in [-0.3, -0.25) is 4.79 Å². The van der Waals surface area contributed by atoms with Crippen LogP contribution in [0.25, 0.3) is 0 Å². The van der Waals surface area contributed by atoms with Gasteiger partial charge in [-0.15, -0.1) is 11.8 Å². The van der Waals surface area contributed by atoms with Crippen LogP contribution in [0.3, 0.4) is 0 Å². The summed E-state index contributed by atoms with van der Waals surface area (Å²) in [5, 5.41) is 90.7. The SMILES string of the molecule is CC(=O)CC(CSc1c(C2Oc3cc(O)cc(O)c3C[C@H]2OC(=O)c2cc(O)c(O)c(O)c2)cc(O)c(O)c1O)C(=O)O. The lowest BCUT2D eigenvalue weighted by Crippen LogP contribution is -2.35. The number of phenols is 8. The van der Waals surface area contributed by atoms with E-state index in [9.17, 15) is 60.3 Å². The van der Waals surface area contributed by atoms with Crippen molar-refractivity contribution in [1.29, 1.82) is 0 Å². The predicted octanol–water partition coefficient (Wildman–Crippen LogP) is 3.01. The van der Waals surface area contributed by atoms with Crippen LogP contribution in [0.1, 0.15) is 40.9 Å². The number of aromatic hydroxyl groups is 8.